The minimum Gasteiger partial charge on any atom is -0.379 e. The van der Waals surface area contributed by atoms with Gasteiger partial charge in [0.2, 0.25) is 0 Å². The average molecular weight is 336 g/mol. The number of benzene rings is 1. The molecule has 6 heteroatoms. The normalized spacial score (nSPS) is 10.6. The fraction of sp³-hybridized carbons (Fsp3) is 0.0667. The Morgan fingerprint density at radius 1 is 1.10 bits per heavy atom. The van der Waals surface area contributed by atoms with E-state index in [4.69, 9.17) is 23.2 Å². The van der Waals surface area contributed by atoms with Gasteiger partial charge in [-0.25, -0.2) is 4.98 Å². The van der Waals surface area contributed by atoms with E-state index in [0.717, 1.165) is 22.1 Å². The third-order valence-electron chi connectivity index (χ3n) is 2.77. The molecule has 106 valence electrons. The number of thiazole rings is 1. The van der Waals surface area contributed by atoms with Gasteiger partial charge in [-0.3, -0.25) is 4.98 Å². The van der Waals surface area contributed by atoms with Crippen LogP contribution in [0.3, 0.4) is 0 Å². The van der Waals surface area contributed by atoms with Crippen molar-refractivity contribution in [2.45, 2.75) is 6.54 Å². The van der Waals surface area contributed by atoms with Crippen LogP contribution in [0.5, 0.6) is 0 Å². The summed E-state index contributed by atoms with van der Waals surface area (Å²) in [7, 11) is 0. The quantitative estimate of drug-likeness (QED) is 0.718. The van der Waals surface area contributed by atoms with E-state index in [0.29, 0.717) is 16.6 Å². The Morgan fingerprint density at radius 2 is 1.90 bits per heavy atom. The average Bonchev–Trinajstić information content (AvgIpc) is 2.94. The second-order valence-electron chi connectivity index (χ2n) is 4.37. The summed E-state index contributed by atoms with van der Waals surface area (Å²) < 4.78 is 0. The molecular weight excluding hydrogens is 325 g/mol. The maximum absolute atomic E-state index is 5.97. The SMILES string of the molecule is Clc1cc(Cl)cc(NCc2csc(-c3ccccn3)n2)c1. The number of halogens is 2. The number of nitrogens with zero attached hydrogens (tertiary/aromatic N) is 2. The predicted molar refractivity (Wildman–Crippen MR) is 89.1 cm³/mol. The topological polar surface area (TPSA) is 37.8 Å². The van der Waals surface area contributed by atoms with Gasteiger partial charge in [0, 0.05) is 27.3 Å². The number of pyridine rings is 1. The van der Waals surface area contributed by atoms with Gasteiger partial charge in [0.05, 0.1) is 17.9 Å². The van der Waals surface area contributed by atoms with E-state index in [2.05, 4.69) is 15.3 Å². The zero-order chi connectivity index (χ0) is 14.7. The first-order valence-electron chi connectivity index (χ1n) is 6.26. The molecule has 0 aliphatic heterocycles. The summed E-state index contributed by atoms with van der Waals surface area (Å²) in [5.74, 6) is 0. The molecule has 0 unspecified atom stereocenters. The Balaban J connectivity index is 1.70. The van der Waals surface area contributed by atoms with E-state index in [1.165, 1.54) is 0 Å². The number of aromatic nitrogens is 2. The lowest BCUT2D eigenvalue weighted by molar-refractivity contribution is 1.07. The lowest BCUT2D eigenvalue weighted by Gasteiger charge is -2.05. The number of anilines is 1. The van der Waals surface area contributed by atoms with Gasteiger partial charge in [0.25, 0.3) is 0 Å². The van der Waals surface area contributed by atoms with Crippen LogP contribution in [0.4, 0.5) is 5.69 Å². The first-order valence-corrected chi connectivity index (χ1v) is 7.90. The van der Waals surface area contributed by atoms with Crippen molar-refractivity contribution < 1.29 is 0 Å². The van der Waals surface area contributed by atoms with E-state index in [1.54, 1.807) is 23.6 Å². The summed E-state index contributed by atoms with van der Waals surface area (Å²) in [4.78, 5) is 8.86. The molecule has 0 bridgehead atoms. The molecule has 0 saturated carbocycles. The highest BCUT2D eigenvalue weighted by Crippen LogP contribution is 2.24. The van der Waals surface area contributed by atoms with Crippen molar-refractivity contribution in [1.82, 2.24) is 9.97 Å². The van der Waals surface area contributed by atoms with Crippen molar-refractivity contribution in [1.29, 1.82) is 0 Å². The van der Waals surface area contributed by atoms with Gasteiger partial charge in [-0.05, 0) is 30.3 Å². The smallest absolute Gasteiger partial charge is 0.142 e. The van der Waals surface area contributed by atoms with Crippen molar-refractivity contribution >= 4 is 40.2 Å². The van der Waals surface area contributed by atoms with Crippen molar-refractivity contribution in [2.24, 2.45) is 0 Å². The minimum atomic E-state index is 0.609. The molecule has 1 N–H and O–H groups in total. The van der Waals surface area contributed by atoms with Crippen LogP contribution in [0.1, 0.15) is 5.69 Å². The highest BCUT2D eigenvalue weighted by Gasteiger charge is 2.05. The lowest BCUT2D eigenvalue weighted by atomic mass is 10.3. The third kappa shape index (κ3) is 3.73. The van der Waals surface area contributed by atoms with Crippen LogP contribution < -0.4 is 5.32 Å². The van der Waals surface area contributed by atoms with Gasteiger partial charge in [0.1, 0.15) is 5.01 Å². The summed E-state index contributed by atoms with van der Waals surface area (Å²) >= 11 is 13.5. The van der Waals surface area contributed by atoms with Crippen molar-refractivity contribution in [3.63, 3.8) is 0 Å². The van der Waals surface area contributed by atoms with E-state index < -0.39 is 0 Å². The maximum atomic E-state index is 5.97. The predicted octanol–water partition coefficient (Wildman–Crippen LogP) is 5.12. The summed E-state index contributed by atoms with van der Waals surface area (Å²) in [5.41, 5.74) is 2.72. The van der Waals surface area contributed by atoms with E-state index in [9.17, 15) is 0 Å². The van der Waals surface area contributed by atoms with Gasteiger partial charge in [-0.1, -0.05) is 29.3 Å². The summed E-state index contributed by atoms with van der Waals surface area (Å²) in [6, 6.07) is 11.2. The molecule has 0 atom stereocenters. The van der Waals surface area contributed by atoms with Crippen LogP contribution in [-0.2, 0) is 6.54 Å². The molecular formula is C15H11Cl2N3S. The Kier molecular flexibility index (Phi) is 4.39. The van der Waals surface area contributed by atoms with Crippen LogP contribution in [-0.4, -0.2) is 9.97 Å². The second-order valence-corrected chi connectivity index (χ2v) is 6.10. The molecule has 2 aromatic heterocycles. The summed E-state index contributed by atoms with van der Waals surface area (Å²) in [6.45, 7) is 0.611. The zero-order valence-corrected chi connectivity index (χ0v) is 13.2. The third-order valence-corrected chi connectivity index (χ3v) is 4.12. The Labute approximate surface area is 136 Å². The van der Waals surface area contributed by atoms with Crippen LogP contribution in [0.15, 0.2) is 48.0 Å². The fourth-order valence-corrected chi connectivity index (χ4v) is 3.16. The molecule has 3 aromatic rings. The van der Waals surface area contributed by atoms with Gasteiger partial charge in [0.15, 0.2) is 0 Å². The van der Waals surface area contributed by atoms with Crippen molar-refractivity contribution in [3.8, 4) is 10.7 Å². The molecule has 2 heterocycles. The maximum Gasteiger partial charge on any atom is 0.142 e. The lowest BCUT2D eigenvalue weighted by Crippen LogP contribution is -1.99. The van der Waals surface area contributed by atoms with Gasteiger partial charge < -0.3 is 5.32 Å². The molecule has 3 rings (SSSR count). The molecule has 0 amide bonds. The van der Waals surface area contributed by atoms with Gasteiger partial charge in [-0.2, -0.15) is 0 Å². The highest BCUT2D eigenvalue weighted by molar-refractivity contribution is 7.13. The summed E-state index contributed by atoms with van der Waals surface area (Å²) in [5, 5.41) is 7.41. The van der Waals surface area contributed by atoms with Crippen molar-refractivity contribution in [3.05, 3.63) is 63.7 Å². The van der Waals surface area contributed by atoms with E-state index >= 15 is 0 Å². The molecule has 0 aliphatic carbocycles. The number of rotatable bonds is 4. The van der Waals surface area contributed by atoms with Gasteiger partial charge >= 0.3 is 0 Å². The van der Waals surface area contributed by atoms with Crippen LogP contribution in [0, 0.1) is 0 Å². The molecule has 0 aliphatic rings. The minimum absolute atomic E-state index is 0.609. The number of nitrogens with one attached hydrogen (secondary N) is 1. The molecule has 0 radical (unpaired) electrons. The largest absolute Gasteiger partial charge is 0.379 e. The van der Waals surface area contributed by atoms with Gasteiger partial charge in [-0.15, -0.1) is 11.3 Å². The van der Waals surface area contributed by atoms with Crippen LogP contribution in [0.25, 0.3) is 10.7 Å². The number of hydrogen-bond acceptors (Lipinski definition) is 4. The zero-order valence-electron chi connectivity index (χ0n) is 10.9. The second kappa shape index (κ2) is 6.43. The Morgan fingerprint density at radius 3 is 2.62 bits per heavy atom. The van der Waals surface area contributed by atoms with Crippen LogP contribution in [0.2, 0.25) is 10.0 Å². The van der Waals surface area contributed by atoms with E-state index in [1.807, 2.05) is 35.7 Å². The Bertz CT molecular complexity index is 723. The molecule has 0 saturated heterocycles. The first kappa shape index (κ1) is 14.3. The fourth-order valence-electron chi connectivity index (χ4n) is 1.84. The van der Waals surface area contributed by atoms with Crippen LogP contribution >= 0.6 is 34.5 Å². The van der Waals surface area contributed by atoms with Crippen molar-refractivity contribution in [2.75, 3.05) is 5.32 Å². The standard InChI is InChI=1S/C15H11Cl2N3S/c16-10-5-11(17)7-12(6-10)19-8-13-9-21-15(20-13)14-3-1-2-4-18-14/h1-7,9,19H,8H2. The number of hydrogen-bond donors (Lipinski definition) is 1. The Hall–Kier alpha value is -1.62. The first-order chi connectivity index (χ1) is 10.2. The molecule has 21 heavy (non-hydrogen) atoms. The monoisotopic (exact) mass is 335 g/mol. The van der Waals surface area contributed by atoms with E-state index in [-0.39, 0.29) is 0 Å². The molecule has 3 nitrogen and oxygen atoms in total. The molecule has 0 spiro atoms. The summed E-state index contributed by atoms with van der Waals surface area (Å²) in [6.07, 6.45) is 1.77. The molecule has 0 fully saturated rings. The highest BCUT2D eigenvalue weighted by atomic mass is 35.5. The molecule has 1 aromatic carbocycles.